The fourth-order valence-electron chi connectivity index (χ4n) is 3.46. The van der Waals surface area contributed by atoms with Gasteiger partial charge in [-0.1, -0.05) is 47.1 Å². The molecule has 2 heterocycles. The van der Waals surface area contributed by atoms with Gasteiger partial charge in [-0.25, -0.2) is 0 Å². The van der Waals surface area contributed by atoms with E-state index in [2.05, 4.69) is 26.9 Å². The predicted molar refractivity (Wildman–Crippen MR) is 113 cm³/mol. The molecule has 0 aliphatic carbocycles. The van der Waals surface area contributed by atoms with E-state index in [-0.39, 0.29) is 6.04 Å². The summed E-state index contributed by atoms with van der Waals surface area (Å²) in [6, 6.07) is 17.5. The van der Waals surface area contributed by atoms with Gasteiger partial charge in [-0.05, 0) is 31.2 Å². The van der Waals surface area contributed by atoms with Gasteiger partial charge in [0.2, 0.25) is 11.7 Å². The Morgan fingerprint density at radius 1 is 1.03 bits per heavy atom. The zero-order valence-corrected chi connectivity index (χ0v) is 17.3. The molecule has 0 spiro atoms. The van der Waals surface area contributed by atoms with E-state index in [9.17, 15) is 0 Å². The minimum absolute atomic E-state index is 0.104. The fourth-order valence-corrected chi connectivity index (χ4v) is 3.59. The molecule has 1 aromatic heterocycles. The van der Waals surface area contributed by atoms with Crippen molar-refractivity contribution in [2.24, 2.45) is 0 Å². The fraction of sp³-hybridized carbons (Fsp3) is 0.364. The van der Waals surface area contributed by atoms with Crippen LogP contribution in [0.1, 0.15) is 18.9 Å². The molecule has 0 unspecified atom stereocenters. The SMILES string of the molecule is C[C@H](c1nc(-c2ccccc2)no1)N1CCN(CCOc2ccc(Cl)cc2)CC1. The summed E-state index contributed by atoms with van der Waals surface area (Å²) < 4.78 is 11.3. The minimum atomic E-state index is 0.104. The molecule has 29 heavy (non-hydrogen) atoms. The highest BCUT2D eigenvalue weighted by Crippen LogP contribution is 2.23. The third kappa shape index (κ3) is 5.15. The Morgan fingerprint density at radius 2 is 1.76 bits per heavy atom. The number of nitrogens with zero attached hydrogens (tertiary/aromatic N) is 4. The third-order valence-corrected chi connectivity index (χ3v) is 5.53. The smallest absolute Gasteiger partial charge is 0.244 e. The van der Waals surface area contributed by atoms with Crippen molar-refractivity contribution in [2.75, 3.05) is 39.3 Å². The van der Waals surface area contributed by atoms with Crippen molar-refractivity contribution in [3.63, 3.8) is 0 Å². The number of piperazine rings is 1. The normalized spacial score (nSPS) is 16.6. The monoisotopic (exact) mass is 412 g/mol. The maximum Gasteiger partial charge on any atom is 0.244 e. The first-order chi connectivity index (χ1) is 14.2. The molecule has 4 rings (SSSR count). The summed E-state index contributed by atoms with van der Waals surface area (Å²) in [4.78, 5) is 9.41. The molecule has 0 amide bonds. The molecule has 0 saturated carbocycles. The summed E-state index contributed by atoms with van der Waals surface area (Å²) in [5.74, 6) is 2.17. The maximum atomic E-state index is 5.90. The minimum Gasteiger partial charge on any atom is -0.492 e. The quantitative estimate of drug-likeness (QED) is 0.581. The highest BCUT2D eigenvalue weighted by molar-refractivity contribution is 6.30. The molecular weight excluding hydrogens is 388 g/mol. The Kier molecular flexibility index (Phi) is 6.44. The highest BCUT2D eigenvalue weighted by Gasteiger charge is 2.25. The average molecular weight is 413 g/mol. The van der Waals surface area contributed by atoms with Crippen LogP contribution in [0.3, 0.4) is 0 Å². The van der Waals surface area contributed by atoms with Crippen molar-refractivity contribution < 1.29 is 9.26 Å². The van der Waals surface area contributed by atoms with E-state index in [1.165, 1.54) is 0 Å². The van der Waals surface area contributed by atoms with Crippen LogP contribution in [0.15, 0.2) is 59.1 Å². The van der Waals surface area contributed by atoms with Crippen LogP contribution in [0, 0.1) is 0 Å². The van der Waals surface area contributed by atoms with Crippen LogP contribution in [0.4, 0.5) is 0 Å². The van der Waals surface area contributed by atoms with Crippen LogP contribution in [-0.4, -0.2) is 59.3 Å². The summed E-state index contributed by atoms with van der Waals surface area (Å²) in [6.07, 6.45) is 0. The van der Waals surface area contributed by atoms with Gasteiger partial charge in [-0.2, -0.15) is 4.98 Å². The first-order valence-electron chi connectivity index (χ1n) is 9.93. The topological polar surface area (TPSA) is 54.6 Å². The van der Waals surface area contributed by atoms with Crippen LogP contribution in [-0.2, 0) is 0 Å². The van der Waals surface area contributed by atoms with Crippen molar-refractivity contribution in [3.8, 4) is 17.1 Å². The largest absolute Gasteiger partial charge is 0.492 e. The Labute approximate surface area is 176 Å². The zero-order chi connectivity index (χ0) is 20.1. The van der Waals surface area contributed by atoms with Gasteiger partial charge in [0.1, 0.15) is 12.4 Å². The lowest BCUT2D eigenvalue weighted by Gasteiger charge is -2.36. The van der Waals surface area contributed by atoms with Crippen molar-refractivity contribution in [1.29, 1.82) is 0 Å². The molecule has 1 saturated heterocycles. The molecule has 1 fully saturated rings. The number of ether oxygens (including phenoxy) is 1. The van der Waals surface area contributed by atoms with Crippen LogP contribution < -0.4 is 4.74 Å². The lowest BCUT2D eigenvalue weighted by molar-refractivity contribution is 0.0800. The van der Waals surface area contributed by atoms with Gasteiger partial charge in [0.25, 0.3) is 0 Å². The molecule has 0 radical (unpaired) electrons. The van der Waals surface area contributed by atoms with E-state index in [1.807, 2.05) is 54.6 Å². The Hall–Kier alpha value is -2.41. The molecule has 1 aliphatic rings. The van der Waals surface area contributed by atoms with E-state index in [0.717, 1.165) is 49.1 Å². The molecule has 7 heteroatoms. The van der Waals surface area contributed by atoms with Gasteiger partial charge >= 0.3 is 0 Å². The lowest BCUT2D eigenvalue weighted by Crippen LogP contribution is -2.48. The molecule has 6 nitrogen and oxygen atoms in total. The predicted octanol–water partition coefficient (Wildman–Crippen LogP) is 4.15. The second-order valence-electron chi connectivity index (χ2n) is 7.18. The molecule has 1 aliphatic heterocycles. The Morgan fingerprint density at radius 3 is 2.48 bits per heavy atom. The number of hydrogen-bond acceptors (Lipinski definition) is 6. The number of aromatic nitrogens is 2. The summed E-state index contributed by atoms with van der Waals surface area (Å²) in [7, 11) is 0. The second-order valence-corrected chi connectivity index (χ2v) is 7.61. The summed E-state index contributed by atoms with van der Waals surface area (Å²) in [5.41, 5.74) is 0.972. The summed E-state index contributed by atoms with van der Waals surface area (Å²) >= 11 is 5.90. The molecular formula is C22H25ClN4O2. The lowest BCUT2D eigenvalue weighted by atomic mass is 10.2. The second kappa shape index (κ2) is 9.39. The van der Waals surface area contributed by atoms with Crippen molar-refractivity contribution in [3.05, 3.63) is 65.5 Å². The van der Waals surface area contributed by atoms with Crippen molar-refractivity contribution in [2.45, 2.75) is 13.0 Å². The average Bonchev–Trinajstić information content (AvgIpc) is 3.26. The molecule has 3 aromatic rings. The van der Waals surface area contributed by atoms with E-state index < -0.39 is 0 Å². The maximum absolute atomic E-state index is 5.90. The standard InChI is InChI=1S/C22H25ClN4O2/c1-17(22-24-21(25-29-22)18-5-3-2-4-6-18)27-13-11-26(12-14-27)15-16-28-20-9-7-19(23)8-10-20/h2-10,17H,11-16H2,1H3/t17-/m1/s1. The molecule has 1 atom stereocenters. The molecule has 0 bridgehead atoms. The van der Waals surface area contributed by atoms with E-state index >= 15 is 0 Å². The van der Waals surface area contributed by atoms with Crippen LogP contribution in [0.5, 0.6) is 5.75 Å². The number of benzene rings is 2. The number of rotatable bonds is 7. The number of hydrogen-bond donors (Lipinski definition) is 0. The van der Waals surface area contributed by atoms with Crippen molar-refractivity contribution in [1.82, 2.24) is 19.9 Å². The first kappa shape index (κ1) is 19.9. The molecule has 2 aromatic carbocycles. The molecule has 152 valence electrons. The van der Waals surface area contributed by atoms with E-state index in [0.29, 0.717) is 18.3 Å². The van der Waals surface area contributed by atoms with Gasteiger partial charge < -0.3 is 9.26 Å². The zero-order valence-electron chi connectivity index (χ0n) is 16.5. The number of halogens is 1. The van der Waals surface area contributed by atoms with Crippen LogP contribution in [0.25, 0.3) is 11.4 Å². The summed E-state index contributed by atoms with van der Waals surface area (Å²) in [5, 5.41) is 4.87. The van der Waals surface area contributed by atoms with Gasteiger partial charge in [-0.15, -0.1) is 0 Å². The Balaban J connectivity index is 1.24. The third-order valence-electron chi connectivity index (χ3n) is 5.28. The van der Waals surface area contributed by atoms with E-state index in [1.54, 1.807) is 0 Å². The van der Waals surface area contributed by atoms with Gasteiger partial charge in [0.05, 0.1) is 6.04 Å². The van der Waals surface area contributed by atoms with Crippen LogP contribution in [0.2, 0.25) is 5.02 Å². The van der Waals surface area contributed by atoms with E-state index in [4.69, 9.17) is 20.9 Å². The van der Waals surface area contributed by atoms with Gasteiger partial charge in [0.15, 0.2) is 0 Å². The Bertz CT molecular complexity index is 893. The van der Waals surface area contributed by atoms with Gasteiger partial charge in [0, 0.05) is 43.3 Å². The summed E-state index contributed by atoms with van der Waals surface area (Å²) in [6.45, 7) is 7.62. The molecule has 0 N–H and O–H groups in total. The van der Waals surface area contributed by atoms with Gasteiger partial charge in [-0.3, -0.25) is 9.80 Å². The highest BCUT2D eigenvalue weighted by atomic mass is 35.5. The first-order valence-corrected chi connectivity index (χ1v) is 10.3. The van der Waals surface area contributed by atoms with Crippen molar-refractivity contribution >= 4 is 11.6 Å². The van der Waals surface area contributed by atoms with Crippen LogP contribution >= 0.6 is 11.6 Å².